The fourth-order valence-corrected chi connectivity index (χ4v) is 3.29. The molecule has 0 heterocycles. The van der Waals surface area contributed by atoms with Crippen LogP contribution in [0.4, 0.5) is 0 Å². The van der Waals surface area contributed by atoms with E-state index in [1.54, 1.807) is 25.2 Å². The Morgan fingerprint density at radius 2 is 1.68 bits per heavy atom. The summed E-state index contributed by atoms with van der Waals surface area (Å²) in [5.74, 6) is -0.709. The third kappa shape index (κ3) is 9.11. The molecule has 176 valence electrons. The lowest BCUT2D eigenvalue weighted by atomic mass is 9.89. The van der Waals surface area contributed by atoms with Gasteiger partial charge in [0.25, 0.3) is 0 Å². The van der Waals surface area contributed by atoms with Crippen molar-refractivity contribution in [3.63, 3.8) is 0 Å². The largest absolute Gasteiger partial charge is 0.464 e. The van der Waals surface area contributed by atoms with Crippen LogP contribution < -0.4 is 5.32 Å². The zero-order chi connectivity index (χ0) is 24.1. The molecule has 0 saturated heterocycles. The Balaban J connectivity index is 5.15. The predicted molar refractivity (Wildman–Crippen MR) is 126 cm³/mol. The molecule has 6 heteroatoms. The number of carbonyl (C=O) groups excluding carboxylic acids is 3. The minimum absolute atomic E-state index is 0.0526. The van der Waals surface area contributed by atoms with Crippen molar-refractivity contribution in [3.8, 4) is 0 Å². The zero-order valence-electron chi connectivity index (χ0n) is 20.4. The van der Waals surface area contributed by atoms with Crippen LogP contribution in [0, 0.1) is 5.41 Å². The Kier molecular flexibility index (Phi) is 12.8. The Hall–Kier alpha value is -2.37. The number of allylic oxidation sites excluding steroid dienone is 3. The van der Waals surface area contributed by atoms with E-state index in [1.807, 2.05) is 13.8 Å². The molecule has 0 aliphatic carbocycles. The minimum atomic E-state index is -1.13. The first-order valence-corrected chi connectivity index (χ1v) is 11.2. The van der Waals surface area contributed by atoms with Gasteiger partial charge in [0.1, 0.15) is 5.54 Å². The lowest BCUT2D eigenvalue weighted by Gasteiger charge is -2.41. The van der Waals surface area contributed by atoms with Gasteiger partial charge in [0.2, 0.25) is 11.8 Å². The van der Waals surface area contributed by atoms with Crippen molar-refractivity contribution in [2.24, 2.45) is 5.41 Å². The van der Waals surface area contributed by atoms with Gasteiger partial charge in [-0.05, 0) is 43.3 Å². The third-order valence-corrected chi connectivity index (χ3v) is 5.26. The molecule has 0 bridgehead atoms. The molecule has 0 aromatic heterocycles. The van der Waals surface area contributed by atoms with Crippen LogP contribution in [0.5, 0.6) is 0 Å². The maximum absolute atomic E-state index is 13.1. The van der Waals surface area contributed by atoms with Gasteiger partial charge >= 0.3 is 5.97 Å². The van der Waals surface area contributed by atoms with Gasteiger partial charge in [-0.15, -0.1) is 0 Å². The van der Waals surface area contributed by atoms with Crippen molar-refractivity contribution in [1.82, 2.24) is 10.2 Å². The highest BCUT2D eigenvalue weighted by Gasteiger charge is 2.45. The fourth-order valence-electron chi connectivity index (χ4n) is 3.29. The molecule has 0 aromatic rings. The van der Waals surface area contributed by atoms with E-state index in [1.165, 1.54) is 4.90 Å². The van der Waals surface area contributed by atoms with Crippen LogP contribution in [0.2, 0.25) is 0 Å². The summed E-state index contributed by atoms with van der Waals surface area (Å²) in [6.07, 6.45) is 7.41. The van der Waals surface area contributed by atoms with Crippen LogP contribution >= 0.6 is 0 Å². The van der Waals surface area contributed by atoms with Gasteiger partial charge in [-0.2, -0.15) is 0 Å². The Morgan fingerprint density at radius 1 is 1.06 bits per heavy atom. The molecule has 0 spiro atoms. The summed E-state index contributed by atoms with van der Waals surface area (Å²) in [6.45, 7) is 20.1. The molecule has 0 fully saturated rings. The van der Waals surface area contributed by atoms with Crippen LogP contribution in [0.3, 0.4) is 0 Å². The third-order valence-electron chi connectivity index (χ3n) is 5.26. The van der Waals surface area contributed by atoms with Crippen LogP contribution in [0.1, 0.15) is 80.1 Å². The molecule has 0 radical (unpaired) electrons. The first-order valence-electron chi connectivity index (χ1n) is 11.2. The normalized spacial score (nSPS) is 12.1. The van der Waals surface area contributed by atoms with Crippen molar-refractivity contribution in [2.75, 3.05) is 13.2 Å². The molecule has 0 rings (SSSR count). The summed E-state index contributed by atoms with van der Waals surface area (Å²) in [4.78, 5) is 39.4. The second-order valence-electron chi connectivity index (χ2n) is 8.75. The molecule has 0 atom stereocenters. The number of nitrogens with one attached hydrogen (secondary N) is 1. The van der Waals surface area contributed by atoms with Crippen LogP contribution in [-0.4, -0.2) is 41.4 Å². The number of esters is 1. The van der Waals surface area contributed by atoms with Crippen molar-refractivity contribution in [1.29, 1.82) is 0 Å². The lowest BCUT2D eigenvalue weighted by molar-refractivity contribution is -0.163. The van der Waals surface area contributed by atoms with Gasteiger partial charge in [0, 0.05) is 25.1 Å². The molecule has 0 unspecified atom stereocenters. The Bertz CT molecular complexity index is 655. The van der Waals surface area contributed by atoms with Crippen LogP contribution in [-0.2, 0) is 19.1 Å². The summed E-state index contributed by atoms with van der Waals surface area (Å²) in [5.41, 5.74) is -0.454. The summed E-state index contributed by atoms with van der Waals surface area (Å²) < 4.78 is 5.55. The highest BCUT2D eigenvalue weighted by atomic mass is 16.5. The predicted octanol–water partition coefficient (Wildman–Crippen LogP) is 4.92. The van der Waals surface area contributed by atoms with Gasteiger partial charge in [0.15, 0.2) is 0 Å². The van der Waals surface area contributed by atoms with Crippen molar-refractivity contribution in [3.05, 3.63) is 37.1 Å². The molecule has 31 heavy (non-hydrogen) atoms. The molecule has 6 nitrogen and oxygen atoms in total. The number of amides is 2. The average Bonchev–Trinajstić information content (AvgIpc) is 2.72. The van der Waals surface area contributed by atoms with Gasteiger partial charge in [-0.25, -0.2) is 4.79 Å². The van der Waals surface area contributed by atoms with E-state index in [-0.39, 0.29) is 36.7 Å². The number of hydrogen-bond acceptors (Lipinski definition) is 4. The van der Waals surface area contributed by atoms with Gasteiger partial charge < -0.3 is 10.1 Å². The zero-order valence-corrected chi connectivity index (χ0v) is 20.4. The number of hydrogen-bond donors (Lipinski definition) is 1. The minimum Gasteiger partial charge on any atom is -0.464 e. The molecular weight excluding hydrogens is 392 g/mol. The van der Waals surface area contributed by atoms with Crippen molar-refractivity contribution in [2.45, 2.75) is 85.6 Å². The molecular formula is C25H42N2O4. The maximum atomic E-state index is 13.1. The standard InChI is InChI=1S/C25H42N2O4/c1-9-15-20(10-2)27(22(29)11-3)25(12-4,13-5)23(30)31-19-14-16-21(28)26-18-17-24(6,7)8/h9-10,15H,1-2,11-14,16-19H2,3-8H3,(H,26,28)/b20-15+. The van der Waals surface area contributed by atoms with E-state index in [2.05, 4.69) is 39.2 Å². The topological polar surface area (TPSA) is 75.7 Å². The first kappa shape index (κ1) is 28.6. The van der Waals surface area contributed by atoms with Crippen molar-refractivity contribution < 1.29 is 19.1 Å². The molecule has 0 saturated carbocycles. The molecule has 0 aliphatic rings. The van der Waals surface area contributed by atoms with Crippen LogP contribution in [0.15, 0.2) is 37.1 Å². The van der Waals surface area contributed by atoms with Crippen molar-refractivity contribution >= 4 is 17.8 Å². The average molecular weight is 435 g/mol. The first-order chi connectivity index (χ1) is 14.5. The van der Waals surface area contributed by atoms with Crippen LogP contribution in [0.25, 0.3) is 0 Å². The molecule has 2 amide bonds. The van der Waals surface area contributed by atoms with E-state index in [0.717, 1.165) is 6.42 Å². The van der Waals surface area contributed by atoms with Gasteiger partial charge in [0.05, 0.1) is 6.61 Å². The quantitative estimate of drug-likeness (QED) is 0.239. The van der Waals surface area contributed by atoms with E-state index in [9.17, 15) is 14.4 Å². The molecule has 0 aromatic carbocycles. The second kappa shape index (κ2) is 13.8. The highest BCUT2D eigenvalue weighted by molar-refractivity contribution is 5.89. The molecule has 1 N–H and O–H groups in total. The lowest BCUT2D eigenvalue weighted by Crippen LogP contribution is -2.56. The van der Waals surface area contributed by atoms with Gasteiger partial charge in [-0.3, -0.25) is 14.5 Å². The second-order valence-corrected chi connectivity index (χ2v) is 8.75. The smallest absolute Gasteiger partial charge is 0.332 e. The van der Waals surface area contributed by atoms with E-state index in [4.69, 9.17) is 4.74 Å². The molecule has 0 aliphatic heterocycles. The van der Waals surface area contributed by atoms with Gasteiger partial charge in [-0.1, -0.05) is 60.8 Å². The van der Waals surface area contributed by atoms with E-state index in [0.29, 0.717) is 31.5 Å². The monoisotopic (exact) mass is 434 g/mol. The summed E-state index contributed by atoms with van der Waals surface area (Å²) in [6, 6.07) is 0. The summed E-state index contributed by atoms with van der Waals surface area (Å²) in [7, 11) is 0. The number of rotatable bonds is 14. The number of ether oxygens (including phenoxy) is 1. The summed E-state index contributed by atoms with van der Waals surface area (Å²) >= 11 is 0. The SMILES string of the molecule is C=C/C=C(\C=C)N(C(=O)CC)C(CC)(CC)C(=O)OCCCC(=O)NCCC(C)(C)C. The number of nitrogens with zero attached hydrogens (tertiary/aromatic N) is 1. The fraction of sp³-hybridized carbons (Fsp3) is 0.640. The van der Waals surface area contributed by atoms with E-state index < -0.39 is 11.5 Å². The highest BCUT2D eigenvalue weighted by Crippen LogP contribution is 2.31. The summed E-state index contributed by atoms with van der Waals surface area (Å²) in [5, 5.41) is 2.90. The number of carbonyl (C=O) groups is 3. The maximum Gasteiger partial charge on any atom is 0.332 e. The Labute approximate surface area is 188 Å². The van der Waals surface area contributed by atoms with E-state index >= 15 is 0 Å². The Morgan fingerprint density at radius 3 is 2.13 bits per heavy atom.